The number of aromatic amines is 1. The number of ether oxygens (including phenoxy) is 1. The van der Waals surface area contributed by atoms with Crippen LogP contribution in [-0.4, -0.2) is 32.3 Å². The Morgan fingerprint density at radius 3 is 2.50 bits per heavy atom. The smallest absolute Gasteiger partial charge is 0.416 e. The summed E-state index contributed by atoms with van der Waals surface area (Å²) in [6.07, 6.45) is -4.91. The number of aryl methyl sites for hydroxylation is 1. The van der Waals surface area contributed by atoms with Crippen molar-refractivity contribution >= 4 is 11.6 Å². The molecule has 0 atom stereocenters. The number of hydrogen-bond donors (Lipinski definition) is 2. The summed E-state index contributed by atoms with van der Waals surface area (Å²) in [5.74, 6) is -1.21. The molecular weight excluding hydrogens is 379 g/mol. The lowest BCUT2D eigenvalue weighted by molar-refractivity contribution is -0.142. The van der Waals surface area contributed by atoms with Gasteiger partial charge in [0.2, 0.25) is 0 Å². The number of aromatic nitrogens is 3. The summed E-state index contributed by atoms with van der Waals surface area (Å²) >= 11 is 0. The number of alkyl halides is 3. The molecule has 2 N–H and O–H groups in total. The van der Waals surface area contributed by atoms with Crippen LogP contribution in [-0.2, 0) is 22.1 Å². The molecule has 0 bridgehead atoms. The van der Waals surface area contributed by atoms with Gasteiger partial charge in [0.25, 0.3) is 5.56 Å². The van der Waals surface area contributed by atoms with E-state index < -0.39 is 35.6 Å². The standard InChI is InChI=1S/C18H16F3N3O4/c1-3-28-13(25)8-12-16(26)22-15-14(9(2)23-24(15)17(12)27)10-4-6-11(7-5-10)18(19,20)21/h4-7,22,26H,3,8H2,1-2H3. The zero-order valence-corrected chi connectivity index (χ0v) is 14.9. The van der Waals surface area contributed by atoms with Gasteiger partial charge in [0.15, 0.2) is 5.88 Å². The van der Waals surface area contributed by atoms with Gasteiger partial charge in [0.1, 0.15) is 5.65 Å². The van der Waals surface area contributed by atoms with Crippen LogP contribution in [0.15, 0.2) is 29.1 Å². The molecule has 0 radical (unpaired) electrons. The second-order valence-electron chi connectivity index (χ2n) is 6.04. The molecule has 0 aliphatic carbocycles. The van der Waals surface area contributed by atoms with E-state index in [1.54, 1.807) is 13.8 Å². The summed E-state index contributed by atoms with van der Waals surface area (Å²) in [4.78, 5) is 26.9. The Morgan fingerprint density at radius 2 is 1.93 bits per heavy atom. The Balaban J connectivity index is 2.12. The lowest BCUT2D eigenvalue weighted by atomic mass is 10.0. The van der Waals surface area contributed by atoms with E-state index >= 15 is 0 Å². The predicted octanol–water partition coefficient (Wildman–Crippen LogP) is 2.83. The lowest BCUT2D eigenvalue weighted by Crippen LogP contribution is -2.23. The number of carbonyl (C=O) groups is 1. The number of carbonyl (C=O) groups excluding carboxylic acids is 1. The molecule has 0 unspecified atom stereocenters. The fourth-order valence-electron chi connectivity index (χ4n) is 2.89. The maximum absolute atomic E-state index is 12.8. The van der Waals surface area contributed by atoms with Crippen LogP contribution >= 0.6 is 0 Å². The molecule has 2 aromatic heterocycles. The second-order valence-corrected chi connectivity index (χ2v) is 6.04. The van der Waals surface area contributed by atoms with E-state index in [1.165, 1.54) is 12.1 Å². The number of fused-ring (bicyclic) bond motifs is 1. The molecule has 0 aliphatic heterocycles. The summed E-state index contributed by atoms with van der Waals surface area (Å²) < 4.78 is 44.1. The quantitative estimate of drug-likeness (QED) is 0.663. The van der Waals surface area contributed by atoms with Crippen LogP contribution in [0.2, 0.25) is 0 Å². The van der Waals surface area contributed by atoms with Gasteiger partial charge in [-0.2, -0.15) is 22.8 Å². The third-order valence-corrected chi connectivity index (χ3v) is 4.16. The van der Waals surface area contributed by atoms with E-state index in [0.717, 1.165) is 16.6 Å². The Labute approximate surface area is 156 Å². The summed E-state index contributed by atoms with van der Waals surface area (Å²) in [5.41, 5.74) is -0.530. The van der Waals surface area contributed by atoms with Crippen molar-refractivity contribution in [3.63, 3.8) is 0 Å². The molecule has 0 saturated heterocycles. The maximum atomic E-state index is 12.8. The van der Waals surface area contributed by atoms with Gasteiger partial charge in [0.05, 0.1) is 29.8 Å². The minimum atomic E-state index is -4.47. The van der Waals surface area contributed by atoms with Gasteiger partial charge in [-0.15, -0.1) is 0 Å². The van der Waals surface area contributed by atoms with Crippen molar-refractivity contribution in [2.45, 2.75) is 26.4 Å². The molecule has 0 spiro atoms. The summed E-state index contributed by atoms with van der Waals surface area (Å²) in [6, 6.07) is 4.36. The van der Waals surface area contributed by atoms with Crippen LogP contribution < -0.4 is 5.56 Å². The maximum Gasteiger partial charge on any atom is 0.416 e. The van der Waals surface area contributed by atoms with Crippen LogP contribution in [0.25, 0.3) is 16.8 Å². The van der Waals surface area contributed by atoms with Crippen LogP contribution in [0, 0.1) is 6.92 Å². The number of halogens is 3. The van der Waals surface area contributed by atoms with Gasteiger partial charge in [-0.3, -0.25) is 9.59 Å². The SMILES string of the molecule is CCOC(=O)Cc1c(O)[nH]c2c(-c3ccc(C(F)(F)F)cc3)c(C)nn2c1=O. The van der Waals surface area contributed by atoms with Crippen molar-refractivity contribution in [3.8, 4) is 17.0 Å². The Kier molecular flexibility index (Phi) is 4.88. The van der Waals surface area contributed by atoms with Crippen LogP contribution in [0.1, 0.15) is 23.7 Å². The van der Waals surface area contributed by atoms with Crippen molar-refractivity contribution in [2.75, 3.05) is 6.61 Å². The average molecular weight is 395 g/mol. The molecule has 0 saturated carbocycles. The van der Waals surface area contributed by atoms with Crippen LogP contribution in [0.4, 0.5) is 13.2 Å². The zero-order chi connectivity index (χ0) is 20.6. The van der Waals surface area contributed by atoms with Crippen LogP contribution in [0.5, 0.6) is 5.88 Å². The fraction of sp³-hybridized carbons (Fsp3) is 0.278. The molecule has 3 rings (SSSR count). The molecule has 0 aliphatic rings. The zero-order valence-electron chi connectivity index (χ0n) is 14.9. The van der Waals surface area contributed by atoms with Gasteiger partial charge < -0.3 is 14.8 Å². The number of esters is 1. The highest BCUT2D eigenvalue weighted by molar-refractivity contribution is 5.80. The molecule has 148 valence electrons. The monoisotopic (exact) mass is 395 g/mol. The number of aromatic hydroxyl groups is 1. The van der Waals surface area contributed by atoms with E-state index in [1.807, 2.05) is 0 Å². The highest BCUT2D eigenvalue weighted by Gasteiger charge is 2.30. The van der Waals surface area contributed by atoms with E-state index in [4.69, 9.17) is 4.74 Å². The van der Waals surface area contributed by atoms with E-state index in [-0.39, 0.29) is 17.8 Å². The topological polar surface area (TPSA) is 96.7 Å². The number of nitrogens with one attached hydrogen (secondary N) is 1. The van der Waals surface area contributed by atoms with Crippen molar-refractivity contribution in [1.82, 2.24) is 14.6 Å². The second kappa shape index (κ2) is 7.02. The molecule has 0 fully saturated rings. The van der Waals surface area contributed by atoms with Crippen molar-refractivity contribution < 1.29 is 27.8 Å². The number of hydrogen-bond acceptors (Lipinski definition) is 5. The number of H-pyrrole nitrogens is 1. The first kappa shape index (κ1) is 19.5. The Morgan fingerprint density at radius 1 is 1.29 bits per heavy atom. The minimum absolute atomic E-state index is 0.104. The van der Waals surface area contributed by atoms with E-state index in [0.29, 0.717) is 16.8 Å². The molecule has 1 aromatic carbocycles. The number of nitrogens with zero attached hydrogens (tertiary/aromatic N) is 2. The van der Waals surface area contributed by atoms with Crippen molar-refractivity contribution in [3.05, 3.63) is 51.4 Å². The third-order valence-electron chi connectivity index (χ3n) is 4.16. The molecule has 3 aromatic rings. The van der Waals surface area contributed by atoms with Gasteiger partial charge in [0, 0.05) is 5.56 Å². The van der Waals surface area contributed by atoms with Gasteiger partial charge >= 0.3 is 12.1 Å². The van der Waals surface area contributed by atoms with Gasteiger partial charge in [-0.1, -0.05) is 12.1 Å². The first-order chi connectivity index (χ1) is 13.1. The number of rotatable bonds is 4. The Hall–Kier alpha value is -3.30. The van der Waals surface area contributed by atoms with Crippen molar-refractivity contribution in [1.29, 1.82) is 0 Å². The van der Waals surface area contributed by atoms with Gasteiger partial charge in [-0.05, 0) is 31.5 Å². The van der Waals surface area contributed by atoms with Crippen molar-refractivity contribution in [2.24, 2.45) is 0 Å². The predicted molar refractivity (Wildman–Crippen MR) is 93.0 cm³/mol. The lowest BCUT2D eigenvalue weighted by Gasteiger charge is -2.08. The van der Waals surface area contributed by atoms with Gasteiger partial charge in [-0.25, -0.2) is 0 Å². The molecular formula is C18H16F3N3O4. The van der Waals surface area contributed by atoms with Crippen LogP contribution in [0.3, 0.4) is 0 Å². The summed E-state index contributed by atoms with van der Waals surface area (Å²) in [5, 5.41) is 14.3. The number of benzene rings is 1. The molecule has 7 nitrogen and oxygen atoms in total. The molecule has 2 heterocycles. The first-order valence-electron chi connectivity index (χ1n) is 8.30. The largest absolute Gasteiger partial charge is 0.494 e. The first-order valence-corrected chi connectivity index (χ1v) is 8.30. The highest BCUT2D eigenvalue weighted by Crippen LogP contribution is 2.33. The summed E-state index contributed by atoms with van der Waals surface area (Å²) in [7, 11) is 0. The summed E-state index contributed by atoms with van der Waals surface area (Å²) in [6.45, 7) is 3.31. The molecule has 28 heavy (non-hydrogen) atoms. The average Bonchev–Trinajstić information content (AvgIpc) is 2.94. The molecule has 10 heteroatoms. The Bertz CT molecular complexity index is 1100. The molecule has 0 amide bonds. The highest BCUT2D eigenvalue weighted by atomic mass is 19.4. The third kappa shape index (κ3) is 3.45. The fourth-order valence-corrected chi connectivity index (χ4v) is 2.89. The van der Waals surface area contributed by atoms with E-state index in [2.05, 4.69) is 10.1 Å². The normalized spacial score (nSPS) is 11.8. The van der Waals surface area contributed by atoms with E-state index in [9.17, 15) is 27.9 Å². The minimum Gasteiger partial charge on any atom is -0.494 e.